The Kier molecular flexibility index (Phi) is 6.03. The molecule has 234 valence electrons. The number of para-hydroxylation sites is 2. The molecule has 0 aliphatic carbocycles. The van der Waals surface area contributed by atoms with Crippen molar-refractivity contribution in [3.8, 4) is 5.69 Å². The second-order valence-corrected chi connectivity index (χ2v) is 15.0. The number of anilines is 3. The third kappa shape index (κ3) is 4.07. The first kappa shape index (κ1) is 28.0. The van der Waals surface area contributed by atoms with Gasteiger partial charge in [0.15, 0.2) is 0 Å². The number of rotatable bonds is 4. The normalized spacial score (nSPS) is 12.0. The number of thiophene rings is 2. The predicted molar refractivity (Wildman–Crippen MR) is 219 cm³/mol. The van der Waals surface area contributed by atoms with E-state index >= 15 is 0 Å². The molecular formula is C46H28N2S2. The van der Waals surface area contributed by atoms with Gasteiger partial charge in [-0.1, -0.05) is 109 Å². The number of aromatic nitrogens is 1. The molecule has 0 aliphatic heterocycles. The van der Waals surface area contributed by atoms with E-state index in [-0.39, 0.29) is 0 Å². The molecule has 3 aromatic heterocycles. The number of hydrogen-bond donors (Lipinski definition) is 0. The Morgan fingerprint density at radius 2 is 0.980 bits per heavy atom. The highest BCUT2D eigenvalue weighted by molar-refractivity contribution is 7.27. The Morgan fingerprint density at radius 1 is 0.380 bits per heavy atom. The van der Waals surface area contributed by atoms with Crippen LogP contribution in [-0.2, 0) is 0 Å². The molecule has 50 heavy (non-hydrogen) atoms. The van der Waals surface area contributed by atoms with E-state index in [9.17, 15) is 0 Å². The zero-order valence-electron chi connectivity index (χ0n) is 26.9. The summed E-state index contributed by atoms with van der Waals surface area (Å²) in [5, 5.41) is 10.3. The molecule has 0 radical (unpaired) electrons. The lowest BCUT2D eigenvalue weighted by atomic mass is 10.0. The molecule has 11 rings (SSSR count). The zero-order valence-corrected chi connectivity index (χ0v) is 28.5. The van der Waals surface area contributed by atoms with Gasteiger partial charge in [0.2, 0.25) is 0 Å². The molecule has 2 nitrogen and oxygen atoms in total. The Balaban J connectivity index is 1.24. The first-order chi connectivity index (χ1) is 24.8. The van der Waals surface area contributed by atoms with Crippen molar-refractivity contribution in [3.05, 3.63) is 170 Å². The second-order valence-electron chi connectivity index (χ2n) is 12.9. The van der Waals surface area contributed by atoms with E-state index in [4.69, 9.17) is 0 Å². The lowest BCUT2D eigenvalue weighted by Gasteiger charge is -2.27. The summed E-state index contributed by atoms with van der Waals surface area (Å²) in [6.45, 7) is 0. The summed E-state index contributed by atoms with van der Waals surface area (Å²) in [6, 6.07) is 62.4. The second kappa shape index (κ2) is 10.8. The van der Waals surface area contributed by atoms with Crippen LogP contribution in [0.2, 0.25) is 0 Å². The minimum atomic E-state index is 1.14. The van der Waals surface area contributed by atoms with Gasteiger partial charge in [0.1, 0.15) is 0 Å². The standard InChI is InChI=1S/C46H28N2S2/c1-2-14-31(15-3-1)47-39-20-8-6-16-33(39)34-25-24-32(28-42(34)47)48(40-21-10-18-36-35-17-7-9-23-43(35)49-45(36)40)41-22-11-19-37-38-26-29-12-4-5-13-30(29)27-44(38)50-46(37)41/h1-28H. The van der Waals surface area contributed by atoms with Crippen molar-refractivity contribution < 1.29 is 0 Å². The molecule has 0 unspecified atom stereocenters. The van der Waals surface area contributed by atoms with Gasteiger partial charge in [-0.25, -0.2) is 0 Å². The van der Waals surface area contributed by atoms with Gasteiger partial charge in [0.25, 0.3) is 0 Å². The summed E-state index contributed by atoms with van der Waals surface area (Å²) in [5.41, 5.74) is 7.09. The third-order valence-electron chi connectivity index (χ3n) is 10.1. The summed E-state index contributed by atoms with van der Waals surface area (Å²) >= 11 is 3.78. The van der Waals surface area contributed by atoms with Crippen LogP contribution in [0.15, 0.2) is 170 Å². The monoisotopic (exact) mass is 672 g/mol. The van der Waals surface area contributed by atoms with E-state index < -0.39 is 0 Å². The summed E-state index contributed by atoms with van der Waals surface area (Å²) in [6.07, 6.45) is 0. The third-order valence-corrected chi connectivity index (χ3v) is 12.5. The Labute approximate surface area is 296 Å². The molecule has 11 aromatic rings. The van der Waals surface area contributed by atoms with Crippen molar-refractivity contribution in [2.24, 2.45) is 0 Å². The fraction of sp³-hybridized carbons (Fsp3) is 0. The van der Waals surface area contributed by atoms with Crippen molar-refractivity contribution in [1.82, 2.24) is 4.57 Å². The van der Waals surface area contributed by atoms with E-state index in [2.05, 4.69) is 179 Å². The van der Waals surface area contributed by atoms with Gasteiger partial charge >= 0.3 is 0 Å². The number of fused-ring (bicyclic) bond motifs is 10. The number of benzene rings is 8. The molecule has 0 atom stereocenters. The fourth-order valence-corrected chi connectivity index (χ4v) is 10.4. The van der Waals surface area contributed by atoms with Crippen LogP contribution in [0.4, 0.5) is 17.1 Å². The molecule has 4 heteroatoms. The summed E-state index contributed by atoms with van der Waals surface area (Å²) < 4.78 is 7.62. The molecule has 8 aromatic carbocycles. The van der Waals surface area contributed by atoms with E-state index in [1.165, 1.54) is 84.3 Å². The van der Waals surface area contributed by atoms with Gasteiger partial charge in [-0.2, -0.15) is 0 Å². The van der Waals surface area contributed by atoms with Crippen molar-refractivity contribution in [2.75, 3.05) is 4.90 Å². The predicted octanol–water partition coefficient (Wildman–Crippen LogP) is 14.1. The van der Waals surface area contributed by atoms with Crippen LogP contribution in [0.25, 0.3) is 78.6 Å². The van der Waals surface area contributed by atoms with Crippen LogP contribution in [0.1, 0.15) is 0 Å². The molecule has 0 bridgehead atoms. The Morgan fingerprint density at radius 3 is 1.78 bits per heavy atom. The SMILES string of the molecule is c1ccc(-n2c3ccccc3c3ccc(N(c4cccc5c4sc4ccccc45)c4cccc5c4sc4cc6ccccc6cc45)cc32)cc1. The van der Waals surface area contributed by atoms with Crippen LogP contribution >= 0.6 is 22.7 Å². The van der Waals surface area contributed by atoms with Gasteiger partial charge in [-0.05, 0) is 71.4 Å². The molecule has 0 spiro atoms. The molecule has 0 N–H and O–H groups in total. The van der Waals surface area contributed by atoms with E-state index in [0.717, 1.165) is 11.4 Å². The molecule has 0 saturated carbocycles. The van der Waals surface area contributed by atoms with Crippen molar-refractivity contribution in [1.29, 1.82) is 0 Å². The first-order valence-corrected chi connectivity index (χ1v) is 18.6. The van der Waals surface area contributed by atoms with E-state index in [0.29, 0.717) is 0 Å². The maximum atomic E-state index is 2.52. The lowest BCUT2D eigenvalue weighted by molar-refractivity contribution is 1.18. The van der Waals surface area contributed by atoms with Crippen molar-refractivity contribution in [2.45, 2.75) is 0 Å². The van der Waals surface area contributed by atoms with E-state index in [1.54, 1.807) is 0 Å². The van der Waals surface area contributed by atoms with Crippen LogP contribution in [0.3, 0.4) is 0 Å². The van der Waals surface area contributed by atoms with Crippen LogP contribution in [0.5, 0.6) is 0 Å². The minimum absolute atomic E-state index is 1.14. The van der Waals surface area contributed by atoms with Gasteiger partial charge in [-0.15, -0.1) is 22.7 Å². The van der Waals surface area contributed by atoms with Gasteiger partial charge in [-0.3, -0.25) is 0 Å². The average molecular weight is 673 g/mol. The van der Waals surface area contributed by atoms with Gasteiger partial charge in [0.05, 0.1) is 31.8 Å². The summed E-state index contributed by atoms with van der Waals surface area (Å²) in [7, 11) is 0. The lowest BCUT2D eigenvalue weighted by Crippen LogP contribution is -2.10. The summed E-state index contributed by atoms with van der Waals surface area (Å²) in [5.74, 6) is 0. The van der Waals surface area contributed by atoms with Crippen molar-refractivity contribution >= 4 is 113 Å². The first-order valence-electron chi connectivity index (χ1n) is 16.9. The van der Waals surface area contributed by atoms with E-state index in [1.807, 2.05) is 22.7 Å². The number of hydrogen-bond acceptors (Lipinski definition) is 3. The van der Waals surface area contributed by atoms with Gasteiger partial charge < -0.3 is 9.47 Å². The Hall–Kier alpha value is -5.94. The maximum Gasteiger partial charge on any atom is 0.0640 e. The molecule has 0 aliphatic rings. The molecule has 0 saturated heterocycles. The molecule has 3 heterocycles. The zero-order chi connectivity index (χ0) is 32.8. The topological polar surface area (TPSA) is 8.17 Å². The molecule has 0 amide bonds. The summed E-state index contributed by atoms with van der Waals surface area (Å²) in [4.78, 5) is 2.52. The average Bonchev–Trinajstić information content (AvgIpc) is 3.84. The largest absolute Gasteiger partial charge is 0.309 e. The van der Waals surface area contributed by atoms with Crippen LogP contribution < -0.4 is 4.90 Å². The maximum absolute atomic E-state index is 2.52. The van der Waals surface area contributed by atoms with Crippen LogP contribution in [0, 0.1) is 0 Å². The Bertz CT molecular complexity index is 3110. The molecule has 0 fully saturated rings. The highest BCUT2D eigenvalue weighted by Crippen LogP contribution is 2.50. The quantitative estimate of drug-likeness (QED) is 0.181. The highest BCUT2D eigenvalue weighted by atomic mass is 32.1. The smallest absolute Gasteiger partial charge is 0.0640 e. The minimum Gasteiger partial charge on any atom is -0.309 e. The van der Waals surface area contributed by atoms with Crippen molar-refractivity contribution in [3.63, 3.8) is 0 Å². The number of nitrogens with zero attached hydrogens (tertiary/aromatic N) is 2. The highest BCUT2D eigenvalue weighted by Gasteiger charge is 2.23. The molecular weight excluding hydrogens is 645 g/mol. The van der Waals surface area contributed by atoms with Gasteiger partial charge in [0, 0.05) is 53.1 Å². The fourth-order valence-electron chi connectivity index (χ4n) is 7.91. The van der Waals surface area contributed by atoms with Crippen LogP contribution in [-0.4, -0.2) is 4.57 Å².